The lowest BCUT2D eigenvalue weighted by Gasteiger charge is -2.41. The van der Waals surface area contributed by atoms with Crippen LogP contribution >= 0.6 is 22.9 Å². The second-order valence-corrected chi connectivity index (χ2v) is 12.9. The first-order chi connectivity index (χ1) is 23.0. The topological polar surface area (TPSA) is 137 Å². The number of aromatic carboxylic acids is 1. The van der Waals surface area contributed by atoms with Crippen molar-refractivity contribution in [3.63, 3.8) is 0 Å². The average molecular weight is 694 g/mol. The van der Waals surface area contributed by atoms with Crippen molar-refractivity contribution in [1.29, 1.82) is 5.26 Å². The summed E-state index contributed by atoms with van der Waals surface area (Å²) in [6, 6.07) is 7.76. The molecule has 0 aliphatic carbocycles. The van der Waals surface area contributed by atoms with Gasteiger partial charge >= 0.3 is 5.97 Å². The fourth-order valence-corrected chi connectivity index (χ4v) is 7.44. The number of nitriles is 1. The molecule has 48 heavy (non-hydrogen) atoms. The molecule has 248 valence electrons. The molecule has 2 unspecified atom stereocenters. The van der Waals surface area contributed by atoms with Crippen molar-refractivity contribution >= 4 is 55.8 Å². The molecule has 4 aromatic heterocycles. The second kappa shape index (κ2) is 13.4. The molecule has 11 nitrogen and oxygen atoms in total. The fraction of sp³-hybridized carbons (Fsp3) is 0.333. The maximum Gasteiger partial charge on any atom is 0.338 e. The van der Waals surface area contributed by atoms with E-state index in [0.717, 1.165) is 0 Å². The predicted octanol–water partition coefficient (Wildman–Crippen LogP) is 5.84. The smallest absolute Gasteiger partial charge is 0.338 e. The third-order valence-electron chi connectivity index (χ3n) is 8.84. The van der Waals surface area contributed by atoms with E-state index in [0.29, 0.717) is 50.9 Å². The van der Waals surface area contributed by atoms with E-state index in [9.17, 15) is 28.7 Å². The van der Waals surface area contributed by atoms with Gasteiger partial charge in [-0.2, -0.15) is 5.26 Å². The molecular weight excluding hydrogens is 664 g/mol. The van der Waals surface area contributed by atoms with Crippen LogP contribution < -0.4 is 15.2 Å². The summed E-state index contributed by atoms with van der Waals surface area (Å²) >= 11 is 7.61. The van der Waals surface area contributed by atoms with E-state index in [1.54, 1.807) is 60.5 Å². The Morgan fingerprint density at radius 2 is 2.08 bits per heavy atom. The summed E-state index contributed by atoms with van der Waals surface area (Å²) in [5, 5.41) is 21.9. The number of carboxylic acid groups (broad SMARTS) is 1. The van der Waals surface area contributed by atoms with Crippen LogP contribution in [0.15, 0.2) is 46.8 Å². The molecule has 2 atom stereocenters. The normalized spacial score (nSPS) is 16.8. The molecular formula is C33H30ClF2N7O4S. The van der Waals surface area contributed by atoms with E-state index in [-0.39, 0.29) is 53.5 Å². The number of nitrogens with zero attached hydrogens (tertiary/aromatic N) is 7. The number of carboxylic acids is 1. The zero-order valence-electron chi connectivity index (χ0n) is 26.2. The van der Waals surface area contributed by atoms with Crippen LogP contribution in [0.2, 0.25) is 5.02 Å². The second-order valence-electron chi connectivity index (χ2n) is 11.6. The Hall–Kier alpha value is -4.71. The van der Waals surface area contributed by atoms with Crippen LogP contribution in [-0.2, 0) is 6.54 Å². The van der Waals surface area contributed by atoms with E-state index >= 15 is 0 Å². The van der Waals surface area contributed by atoms with Crippen LogP contribution in [-0.4, -0.2) is 81.3 Å². The number of aromatic nitrogens is 4. The number of rotatable bonds is 9. The standard InChI is InChI=1S/C33H30ClF2N7O4S/c1-17-40-24-15-39-31(42(3)19-7-9-41(2)25(13-19)30(35)36)22(14-37)27(24)32(44)43(17)10-11-47-26-5-4-18(34)12-21(26)20-6-8-38-28-23(33(45)46)16-48-29(20)28/h4-6,8,12,15-16,19,25,30H,7,9-11,13H2,1-3H3,(H,45,46). The van der Waals surface area contributed by atoms with Gasteiger partial charge in [-0.3, -0.25) is 19.2 Å². The first kappa shape index (κ1) is 33.2. The molecule has 0 saturated carbocycles. The van der Waals surface area contributed by atoms with Gasteiger partial charge in [-0.05, 0) is 51.1 Å². The Kier molecular flexibility index (Phi) is 9.28. The minimum Gasteiger partial charge on any atom is -0.491 e. The summed E-state index contributed by atoms with van der Waals surface area (Å²) in [6.07, 6.45) is 1.24. The number of anilines is 1. The van der Waals surface area contributed by atoms with Crippen LogP contribution in [0.4, 0.5) is 14.6 Å². The molecule has 5 aromatic rings. The van der Waals surface area contributed by atoms with E-state index in [1.807, 2.05) is 0 Å². The van der Waals surface area contributed by atoms with Crippen LogP contribution in [0.25, 0.3) is 32.2 Å². The van der Waals surface area contributed by atoms with Crippen molar-refractivity contribution < 1.29 is 23.4 Å². The lowest BCUT2D eigenvalue weighted by molar-refractivity contribution is 0.0125. The number of benzene rings is 1. The van der Waals surface area contributed by atoms with E-state index < -0.39 is 24.0 Å². The highest BCUT2D eigenvalue weighted by Gasteiger charge is 2.35. The maximum atomic E-state index is 13.9. The van der Waals surface area contributed by atoms with Crippen molar-refractivity contribution in [2.75, 3.05) is 32.1 Å². The van der Waals surface area contributed by atoms with Crippen LogP contribution in [0.3, 0.4) is 0 Å². The summed E-state index contributed by atoms with van der Waals surface area (Å²) in [7, 11) is 3.38. The molecule has 5 heterocycles. The van der Waals surface area contributed by atoms with Gasteiger partial charge in [0.25, 0.3) is 12.0 Å². The number of alkyl halides is 2. The van der Waals surface area contributed by atoms with Crippen molar-refractivity contribution in [2.45, 2.75) is 44.8 Å². The SMILES string of the molecule is Cc1nc2cnc(N(C)C3CCN(C)C(C(F)F)C3)c(C#N)c2c(=O)n1CCOc1ccc(Cl)cc1-c1ccnc2c(C(=O)O)csc12. The molecule has 1 aliphatic rings. The summed E-state index contributed by atoms with van der Waals surface area (Å²) in [6.45, 7) is 2.28. The number of halogens is 3. The quantitative estimate of drug-likeness (QED) is 0.200. The first-order valence-electron chi connectivity index (χ1n) is 15.0. The molecule has 1 aliphatic heterocycles. The molecule has 0 bridgehead atoms. The number of hydrogen-bond acceptors (Lipinski definition) is 10. The third kappa shape index (κ3) is 6.05. The van der Waals surface area contributed by atoms with Gasteiger partial charge in [0.15, 0.2) is 0 Å². The molecule has 0 spiro atoms. The van der Waals surface area contributed by atoms with E-state index in [4.69, 9.17) is 16.3 Å². The summed E-state index contributed by atoms with van der Waals surface area (Å²) in [5.74, 6) is 0.0226. The number of carbonyl (C=O) groups is 1. The van der Waals surface area contributed by atoms with Gasteiger partial charge in [-0.1, -0.05) is 11.6 Å². The largest absolute Gasteiger partial charge is 0.491 e. The Morgan fingerprint density at radius 3 is 2.81 bits per heavy atom. The number of hydrogen-bond donors (Lipinski definition) is 1. The highest BCUT2D eigenvalue weighted by molar-refractivity contribution is 7.18. The number of aryl methyl sites for hydroxylation is 1. The zero-order chi connectivity index (χ0) is 34.3. The number of piperidine rings is 1. The van der Waals surface area contributed by atoms with Crippen molar-refractivity contribution in [3.8, 4) is 22.9 Å². The van der Waals surface area contributed by atoms with Gasteiger partial charge in [0.05, 0.1) is 45.5 Å². The number of pyridine rings is 2. The van der Waals surface area contributed by atoms with Crippen LogP contribution in [0.5, 0.6) is 5.75 Å². The molecule has 1 aromatic carbocycles. The van der Waals surface area contributed by atoms with Gasteiger partial charge in [0.1, 0.15) is 35.6 Å². The molecule has 1 saturated heterocycles. The molecule has 0 amide bonds. The maximum absolute atomic E-state index is 13.9. The van der Waals surface area contributed by atoms with E-state index in [1.165, 1.54) is 28.3 Å². The van der Waals surface area contributed by atoms with E-state index in [2.05, 4.69) is 21.0 Å². The lowest BCUT2D eigenvalue weighted by Crippen LogP contribution is -2.50. The molecule has 15 heteroatoms. The third-order valence-corrected chi connectivity index (χ3v) is 10.1. The zero-order valence-corrected chi connectivity index (χ0v) is 27.7. The van der Waals surface area contributed by atoms with Gasteiger partial charge in [0.2, 0.25) is 0 Å². The molecule has 1 N–H and O–H groups in total. The Labute approximate surface area is 282 Å². The van der Waals surface area contributed by atoms with Gasteiger partial charge in [-0.25, -0.2) is 23.5 Å². The number of thiophene rings is 1. The minimum atomic E-state index is -2.51. The van der Waals surface area contributed by atoms with Gasteiger partial charge in [-0.15, -0.1) is 11.3 Å². The van der Waals surface area contributed by atoms with Crippen molar-refractivity contribution in [3.05, 3.63) is 74.4 Å². The summed E-state index contributed by atoms with van der Waals surface area (Å²) in [4.78, 5) is 42.3. The van der Waals surface area contributed by atoms with Gasteiger partial charge in [0, 0.05) is 47.4 Å². The summed E-state index contributed by atoms with van der Waals surface area (Å²) < 4.78 is 35.7. The Morgan fingerprint density at radius 1 is 1.29 bits per heavy atom. The highest BCUT2D eigenvalue weighted by Crippen LogP contribution is 2.39. The Balaban J connectivity index is 1.30. The van der Waals surface area contributed by atoms with Crippen LogP contribution in [0.1, 0.15) is 34.6 Å². The fourth-order valence-electron chi connectivity index (χ4n) is 6.24. The summed E-state index contributed by atoms with van der Waals surface area (Å²) in [5.41, 5.74) is 1.63. The lowest BCUT2D eigenvalue weighted by atomic mass is 9.96. The number of likely N-dealkylation sites (tertiary alicyclic amines) is 1. The highest BCUT2D eigenvalue weighted by atomic mass is 35.5. The molecule has 6 rings (SSSR count). The first-order valence-corrected chi connectivity index (χ1v) is 16.3. The van der Waals surface area contributed by atoms with Gasteiger partial charge < -0.3 is 14.7 Å². The van der Waals surface area contributed by atoms with Crippen LogP contribution in [0, 0.1) is 18.3 Å². The number of ether oxygens (including phenoxy) is 1. The molecule has 1 fully saturated rings. The average Bonchev–Trinajstić information content (AvgIpc) is 3.51. The molecule has 0 radical (unpaired) electrons. The van der Waals surface area contributed by atoms with Crippen molar-refractivity contribution in [1.82, 2.24) is 24.4 Å². The Bertz CT molecular complexity index is 2150. The monoisotopic (exact) mass is 693 g/mol. The van der Waals surface area contributed by atoms with Crippen molar-refractivity contribution in [2.24, 2.45) is 0 Å². The predicted molar refractivity (Wildman–Crippen MR) is 180 cm³/mol. The number of fused-ring (bicyclic) bond motifs is 2. The minimum absolute atomic E-state index is 0.0352.